The summed E-state index contributed by atoms with van der Waals surface area (Å²) in [5.74, 6) is -0.439. The molecule has 7 nitrogen and oxygen atoms in total. The van der Waals surface area contributed by atoms with Gasteiger partial charge in [0.15, 0.2) is 0 Å². The van der Waals surface area contributed by atoms with Crippen LogP contribution in [0.15, 0.2) is 29.2 Å². The number of benzene rings is 1. The highest BCUT2D eigenvalue weighted by molar-refractivity contribution is 7.89. The fraction of sp³-hybridized carbons (Fsp3) is 0.500. The first-order valence-corrected chi connectivity index (χ1v) is 8.46. The van der Waals surface area contributed by atoms with Crippen molar-refractivity contribution in [2.75, 3.05) is 19.0 Å². The standard InChI is InChI=1S/C14H23N3O4S.ClH/c1-4-10(2)17-22(19,20)12-7-5-6-11(8-12)16-14(18)13(15)9-21-3;/h5-8,10,13,17H,4,9,15H2,1-3H3,(H,16,18);1H. The zero-order chi connectivity index (χ0) is 16.8. The Kier molecular flexibility index (Phi) is 9.33. The van der Waals surface area contributed by atoms with E-state index in [0.29, 0.717) is 12.1 Å². The van der Waals surface area contributed by atoms with Gasteiger partial charge in [-0.05, 0) is 31.5 Å². The van der Waals surface area contributed by atoms with Gasteiger partial charge in [0.05, 0.1) is 11.5 Å². The summed E-state index contributed by atoms with van der Waals surface area (Å²) in [6.45, 7) is 3.76. The number of carbonyl (C=O) groups is 1. The van der Waals surface area contributed by atoms with Crippen LogP contribution < -0.4 is 15.8 Å². The minimum Gasteiger partial charge on any atom is -0.383 e. The predicted octanol–water partition coefficient (Wildman–Crippen LogP) is 1.10. The third kappa shape index (κ3) is 6.84. The third-order valence-corrected chi connectivity index (χ3v) is 4.65. The second kappa shape index (κ2) is 9.84. The van der Waals surface area contributed by atoms with Crippen molar-refractivity contribution in [3.63, 3.8) is 0 Å². The molecule has 1 aromatic rings. The number of nitrogens with one attached hydrogen (secondary N) is 2. The van der Waals surface area contributed by atoms with Crippen LogP contribution in [0.1, 0.15) is 20.3 Å². The zero-order valence-corrected chi connectivity index (χ0v) is 15.0. The number of halogens is 1. The molecule has 0 bridgehead atoms. The summed E-state index contributed by atoms with van der Waals surface area (Å²) in [6.07, 6.45) is 0.682. The van der Waals surface area contributed by atoms with E-state index in [1.807, 2.05) is 6.92 Å². The van der Waals surface area contributed by atoms with Crippen LogP contribution in [0.3, 0.4) is 0 Å². The Bertz CT molecular complexity index is 610. The highest BCUT2D eigenvalue weighted by atomic mass is 35.5. The molecule has 4 N–H and O–H groups in total. The van der Waals surface area contributed by atoms with Crippen molar-refractivity contribution < 1.29 is 17.9 Å². The molecule has 0 heterocycles. The molecule has 0 saturated carbocycles. The summed E-state index contributed by atoms with van der Waals surface area (Å²) >= 11 is 0. The highest BCUT2D eigenvalue weighted by Gasteiger charge is 2.18. The Morgan fingerprint density at radius 2 is 2.04 bits per heavy atom. The topological polar surface area (TPSA) is 111 Å². The van der Waals surface area contributed by atoms with Crippen molar-refractivity contribution in [3.05, 3.63) is 24.3 Å². The van der Waals surface area contributed by atoms with Crippen LogP contribution in [0, 0.1) is 0 Å². The molecule has 0 aromatic heterocycles. The van der Waals surface area contributed by atoms with Gasteiger partial charge in [-0.3, -0.25) is 4.79 Å². The Hall–Kier alpha value is -1.19. The number of rotatable bonds is 8. The maximum absolute atomic E-state index is 12.2. The molecule has 0 saturated heterocycles. The van der Waals surface area contributed by atoms with Crippen LogP contribution in [0.5, 0.6) is 0 Å². The minimum absolute atomic E-state index is 0. The van der Waals surface area contributed by atoms with Crippen LogP contribution in [0.2, 0.25) is 0 Å². The van der Waals surface area contributed by atoms with E-state index in [1.54, 1.807) is 19.1 Å². The van der Waals surface area contributed by atoms with Gasteiger partial charge in [-0.15, -0.1) is 12.4 Å². The Morgan fingerprint density at radius 3 is 2.61 bits per heavy atom. The molecule has 9 heteroatoms. The fourth-order valence-corrected chi connectivity index (χ4v) is 3.02. The molecule has 0 aliphatic carbocycles. The van der Waals surface area contributed by atoms with Gasteiger partial charge in [0.1, 0.15) is 6.04 Å². The lowest BCUT2D eigenvalue weighted by atomic mass is 10.2. The van der Waals surface area contributed by atoms with E-state index in [2.05, 4.69) is 10.0 Å². The van der Waals surface area contributed by atoms with Gasteiger partial charge >= 0.3 is 0 Å². The molecule has 2 atom stereocenters. The molecule has 132 valence electrons. The summed E-state index contributed by atoms with van der Waals surface area (Å²) in [4.78, 5) is 11.9. The zero-order valence-electron chi connectivity index (χ0n) is 13.4. The molecule has 0 spiro atoms. The average molecular weight is 366 g/mol. The molecule has 1 amide bonds. The van der Waals surface area contributed by atoms with E-state index >= 15 is 0 Å². The van der Waals surface area contributed by atoms with Crippen molar-refractivity contribution in [1.29, 1.82) is 0 Å². The molecule has 23 heavy (non-hydrogen) atoms. The SMILES string of the molecule is CCC(C)NS(=O)(=O)c1cccc(NC(=O)C(N)COC)c1.Cl. The molecule has 0 aliphatic rings. The molecule has 1 rings (SSSR count). The van der Waals surface area contributed by atoms with E-state index < -0.39 is 22.0 Å². The summed E-state index contributed by atoms with van der Waals surface area (Å²) < 4.78 is 31.8. The number of anilines is 1. The van der Waals surface area contributed by atoms with Crippen LogP contribution in [0.4, 0.5) is 5.69 Å². The summed E-state index contributed by atoms with van der Waals surface area (Å²) in [7, 11) is -2.17. The van der Waals surface area contributed by atoms with Crippen molar-refractivity contribution in [3.8, 4) is 0 Å². The van der Waals surface area contributed by atoms with Gasteiger partial charge in [0.25, 0.3) is 0 Å². The number of hydrogen-bond acceptors (Lipinski definition) is 5. The van der Waals surface area contributed by atoms with Crippen LogP contribution >= 0.6 is 12.4 Å². The Morgan fingerprint density at radius 1 is 1.39 bits per heavy atom. The normalized spacial score (nSPS) is 13.7. The molecule has 2 unspecified atom stereocenters. The van der Waals surface area contributed by atoms with Gasteiger partial charge in [0.2, 0.25) is 15.9 Å². The monoisotopic (exact) mass is 365 g/mol. The number of hydrogen-bond donors (Lipinski definition) is 3. The second-order valence-corrected chi connectivity index (χ2v) is 6.72. The lowest BCUT2D eigenvalue weighted by molar-refractivity contribution is -0.118. The largest absolute Gasteiger partial charge is 0.383 e. The Labute approximate surface area is 143 Å². The van der Waals surface area contributed by atoms with Crippen LogP contribution in [-0.2, 0) is 19.6 Å². The van der Waals surface area contributed by atoms with Crippen molar-refractivity contribution in [2.24, 2.45) is 5.73 Å². The van der Waals surface area contributed by atoms with E-state index in [1.165, 1.54) is 19.2 Å². The first-order valence-electron chi connectivity index (χ1n) is 6.98. The lowest BCUT2D eigenvalue weighted by Gasteiger charge is -2.14. The minimum atomic E-state index is -3.62. The first-order chi connectivity index (χ1) is 10.3. The maximum atomic E-state index is 12.2. The molecule has 1 aromatic carbocycles. The van der Waals surface area contributed by atoms with E-state index in [9.17, 15) is 13.2 Å². The first kappa shape index (κ1) is 21.8. The average Bonchev–Trinajstić information content (AvgIpc) is 2.47. The number of ether oxygens (including phenoxy) is 1. The van der Waals surface area contributed by atoms with Crippen molar-refractivity contribution >= 4 is 34.0 Å². The summed E-state index contributed by atoms with van der Waals surface area (Å²) in [5.41, 5.74) is 5.98. The van der Waals surface area contributed by atoms with E-state index in [4.69, 9.17) is 10.5 Å². The second-order valence-electron chi connectivity index (χ2n) is 5.01. The van der Waals surface area contributed by atoms with Crippen LogP contribution in [-0.4, -0.2) is 40.1 Å². The maximum Gasteiger partial charge on any atom is 0.243 e. The van der Waals surface area contributed by atoms with E-state index in [-0.39, 0.29) is 30.0 Å². The molecular formula is C14H24ClN3O4S. The lowest BCUT2D eigenvalue weighted by Crippen LogP contribution is -2.39. The number of sulfonamides is 1. The van der Waals surface area contributed by atoms with Crippen molar-refractivity contribution in [1.82, 2.24) is 4.72 Å². The van der Waals surface area contributed by atoms with Gasteiger partial charge in [-0.2, -0.15) is 0 Å². The van der Waals surface area contributed by atoms with Crippen molar-refractivity contribution in [2.45, 2.75) is 37.2 Å². The molecular weight excluding hydrogens is 342 g/mol. The summed E-state index contributed by atoms with van der Waals surface area (Å²) in [5, 5.41) is 2.57. The predicted molar refractivity (Wildman–Crippen MR) is 92.2 cm³/mol. The fourth-order valence-electron chi connectivity index (χ4n) is 1.65. The van der Waals surface area contributed by atoms with Gasteiger partial charge in [-0.1, -0.05) is 13.0 Å². The highest BCUT2D eigenvalue weighted by Crippen LogP contribution is 2.16. The quantitative estimate of drug-likeness (QED) is 0.638. The Balaban J connectivity index is 0.00000484. The number of carbonyl (C=O) groups excluding carboxylic acids is 1. The number of nitrogens with two attached hydrogens (primary N) is 1. The number of methoxy groups -OCH3 is 1. The number of amides is 1. The molecule has 0 radical (unpaired) electrons. The van der Waals surface area contributed by atoms with Gasteiger partial charge in [-0.25, -0.2) is 13.1 Å². The molecule has 0 aliphatic heterocycles. The van der Waals surface area contributed by atoms with Gasteiger partial charge in [0, 0.05) is 18.8 Å². The molecule has 0 fully saturated rings. The van der Waals surface area contributed by atoms with Gasteiger partial charge < -0.3 is 15.8 Å². The third-order valence-electron chi connectivity index (χ3n) is 3.06. The summed E-state index contributed by atoms with van der Waals surface area (Å²) in [6, 6.07) is 5.03. The smallest absolute Gasteiger partial charge is 0.243 e. The van der Waals surface area contributed by atoms with E-state index in [0.717, 1.165) is 0 Å². The van der Waals surface area contributed by atoms with Crippen LogP contribution in [0.25, 0.3) is 0 Å².